The fourth-order valence-electron chi connectivity index (χ4n) is 3.83. The molecule has 0 bridgehead atoms. The number of likely N-dealkylation sites (tertiary alicyclic amines) is 1. The van der Waals surface area contributed by atoms with Crippen molar-refractivity contribution in [2.75, 3.05) is 25.0 Å². The first-order chi connectivity index (χ1) is 16.2. The zero-order valence-corrected chi connectivity index (χ0v) is 18.5. The Kier molecular flexibility index (Phi) is 7.59. The zero-order chi connectivity index (χ0) is 22.9. The van der Waals surface area contributed by atoms with Crippen molar-refractivity contribution in [2.45, 2.75) is 19.3 Å². The summed E-state index contributed by atoms with van der Waals surface area (Å²) in [4.78, 5) is 27.2. The molecule has 2 amide bonds. The van der Waals surface area contributed by atoms with Gasteiger partial charge in [0, 0.05) is 19.0 Å². The van der Waals surface area contributed by atoms with E-state index >= 15 is 0 Å². The molecule has 0 radical (unpaired) electrons. The normalized spacial score (nSPS) is 13.9. The molecule has 1 heterocycles. The highest BCUT2D eigenvalue weighted by atomic mass is 16.5. The smallest absolute Gasteiger partial charge is 0.227 e. The van der Waals surface area contributed by atoms with Crippen LogP contribution in [0, 0.1) is 5.92 Å². The Morgan fingerprint density at radius 2 is 1.42 bits per heavy atom. The number of piperidine rings is 1. The molecule has 0 unspecified atom stereocenters. The van der Waals surface area contributed by atoms with Gasteiger partial charge in [-0.25, -0.2) is 0 Å². The van der Waals surface area contributed by atoms with Crippen molar-refractivity contribution in [2.24, 2.45) is 5.92 Å². The first kappa shape index (κ1) is 22.4. The summed E-state index contributed by atoms with van der Waals surface area (Å²) < 4.78 is 11.6. The van der Waals surface area contributed by atoms with E-state index in [1.165, 1.54) is 0 Å². The molecule has 0 saturated carbocycles. The minimum absolute atomic E-state index is 0.0429. The summed E-state index contributed by atoms with van der Waals surface area (Å²) in [6, 6.07) is 26.4. The second kappa shape index (κ2) is 11.2. The molecule has 170 valence electrons. The molecule has 6 heteroatoms. The number of nitrogens with one attached hydrogen (secondary N) is 1. The summed E-state index contributed by atoms with van der Waals surface area (Å²) in [7, 11) is 0. The van der Waals surface area contributed by atoms with Gasteiger partial charge in [-0.2, -0.15) is 0 Å². The summed E-state index contributed by atoms with van der Waals surface area (Å²) in [6.07, 6.45) is 1.60. The minimum Gasteiger partial charge on any atom is -0.493 e. The van der Waals surface area contributed by atoms with Crippen LogP contribution in [0.5, 0.6) is 17.2 Å². The van der Waals surface area contributed by atoms with Gasteiger partial charge in [-0.3, -0.25) is 9.59 Å². The van der Waals surface area contributed by atoms with Gasteiger partial charge >= 0.3 is 0 Å². The van der Waals surface area contributed by atoms with E-state index < -0.39 is 0 Å². The van der Waals surface area contributed by atoms with E-state index in [1.807, 2.05) is 89.8 Å². The first-order valence-corrected chi connectivity index (χ1v) is 11.3. The number of carbonyl (C=O) groups is 2. The monoisotopic (exact) mass is 444 g/mol. The molecule has 0 atom stereocenters. The number of amides is 2. The molecule has 3 aromatic carbocycles. The van der Waals surface area contributed by atoms with Crippen molar-refractivity contribution < 1.29 is 19.1 Å². The van der Waals surface area contributed by atoms with Gasteiger partial charge in [0.15, 0.2) is 5.75 Å². The Hall–Kier alpha value is -3.80. The summed E-state index contributed by atoms with van der Waals surface area (Å²) in [5, 5.41) is 3.01. The van der Waals surface area contributed by atoms with Crippen LogP contribution in [0.1, 0.15) is 19.3 Å². The second-order valence-corrected chi connectivity index (χ2v) is 7.97. The second-order valence-electron chi connectivity index (χ2n) is 7.97. The van der Waals surface area contributed by atoms with Crippen molar-refractivity contribution in [3.63, 3.8) is 0 Å². The van der Waals surface area contributed by atoms with E-state index in [-0.39, 0.29) is 17.7 Å². The van der Waals surface area contributed by atoms with Crippen LogP contribution in [-0.4, -0.2) is 36.4 Å². The quantitative estimate of drug-likeness (QED) is 0.523. The van der Waals surface area contributed by atoms with Crippen molar-refractivity contribution in [3.05, 3.63) is 84.9 Å². The molecular weight excluding hydrogens is 416 g/mol. The van der Waals surface area contributed by atoms with Crippen molar-refractivity contribution >= 4 is 17.5 Å². The van der Waals surface area contributed by atoms with Crippen LogP contribution >= 0.6 is 0 Å². The number of anilines is 1. The molecule has 0 aliphatic carbocycles. The maximum atomic E-state index is 12.9. The predicted octanol–water partition coefficient (Wildman–Crippen LogP) is 5.13. The Labute approximate surface area is 194 Å². The van der Waals surface area contributed by atoms with Crippen LogP contribution in [0.25, 0.3) is 0 Å². The number of hydrogen-bond acceptors (Lipinski definition) is 4. The van der Waals surface area contributed by atoms with Crippen LogP contribution in [-0.2, 0) is 9.59 Å². The predicted molar refractivity (Wildman–Crippen MR) is 127 cm³/mol. The molecule has 4 rings (SSSR count). The third-order valence-electron chi connectivity index (χ3n) is 5.66. The molecular formula is C27H28N2O4. The molecule has 1 fully saturated rings. The minimum atomic E-state index is -0.139. The van der Waals surface area contributed by atoms with Crippen molar-refractivity contribution in [3.8, 4) is 17.2 Å². The van der Waals surface area contributed by atoms with E-state index in [0.717, 1.165) is 5.75 Å². The van der Waals surface area contributed by atoms with Gasteiger partial charge in [-0.1, -0.05) is 48.5 Å². The Balaban J connectivity index is 1.25. The summed E-state index contributed by atoms with van der Waals surface area (Å²) in [5.74, 6) is 1.95. The highest BCUT2D eigenvalue weighted by Crippen LogP contribution is 2.30. The number of ether oxygens (including phenoxy) is 2. The lowest BCUT2D eigenvalue weighted by Crippen LogP contribution is -2.41. The number of hydrogen-bond donors (Lipinski definition) is 1. The van der Waals surface area contributed by atoms with E-state index in [9.17, 15) is 9.59 Å². The standard InChI is InChI=1S/C27H28N2O4/c30-26(17-20-32-22-9-3-1-4-10-22)29-18-15-21(16-19-29)27(31)28-24-13-7-8-14-25(24)33-23-11-5-2-6-12-23/h1-14,21H,15-20H2,(H,28,31). The Bertz CT molecular complexity index is 1050. The van der Waals surface area contributed by atoms with Gasteiger partial charge in [0.1, 0.15) is 11.5 Å². The molecule has 1 aliphatic heterocycles. The summed E-state index contributed by atoms with van der Waals surface area (Å²) in [6.45, 7) is 1.50. The molecule has 3 aromatic rings. The highest BCUT2D eigenvalue weighted by molar-refractivity contribution is 5.94. The fourth-order valence-corrected chi connectivity index (χ4v) is 3.83. The SMILES string of the molecule is O=C(Nc1ccccc1Oc1ccccc1)C1CCN(C(=O)CCOc2ccccc2)CC1. The molecule has 0 aromatic heterocycles. The lowest BCUT2D eigenvalue weighted by molar-refractivity contribution is -0.135. The lowest BCUT2D eigenvalue weighted by atomic mass is 9.95. The molecule has 6 nitrogen and oxygen atoms in total. The van der Waals surface area contributed by atoms with E-state index in [2.05, 4.69) is 5.32 Å². The van der Waals surface area contributed by atoms with Gasteiger partial charge in [-0.05, 0) is 49.2 Å². The number of nitrogens with zero attached hydrogens (tertiary/aromatic N) is 1. The van der Waals surface area contributed by atoms with Gasteiger partial charge in [0.05, 0.1) is 18.7 Å². The maximum absolute atomic E-state index is 12.9. The number of carbonyl (C=O) groups excluding carboxylic acids is 2. The van der Waals surface area contributed by atoms with Crippen LogP contribution in [0.15, 0.2) is 84.9 Å². The molecule has 1 aliphatic rings. The first-order valence-electron chi connectivity index (χ1n) is 11.3. The average Bonchev–Trinajstić information content (AvgIpc) is 2.86. The highest BCUT2D eigenvalue weighted by Gasteiger charge is 2.27. The van der Waals surface area contributed by atoms with E-state index in [1.54, 1.807) is 0 Å². The average molecular weight is 445 g/mol. The maximum Gasteiger partial charge on any atom is 0.227 e. The topological polar surface area (TPSA) is 67.9 Å². The molecule has 0 spiro atoms. The largest absolute Gasteiger partial charge is 0.493 e. The van der Waals surface area contributed by atoms with Crippen LogP contribution in [0.2, 0.25) is 0 Å². The third-order valence-corrected chi connectivity index (χ3v) is 5.66. The fraction of sp³-hybridized carbons (Fsp3) is 0.259. The van der Waals surface area contributed by atoms with Crippen LogP contribution in [0.3, 0.4) is 0 Å². The van der Waals surface area contributed by atoms with Gasteiger partial charge < -0.3 is 19.7 Å². The van der Waals surface area contributed by atoms with Crippen LogP contribution < -0.4 is 14.8 Å². The van der Waals surface area contributed by atoms with E-state index in [0.29, 0.717) is 56.1 Å². The van der Waals surface area contributed by atoms with Gasteiger partial charge in [-0.15, -0.1) is 0 Å². The summed E-state index contributed by atoms with van der Waals surface area (Å²) in [5.41, 5.74) is 0.642. The van der Waals surface area contributed by atoms with Crippen LogP contribution in [0.4, 0.5) is 5.69 Å². The third kappa shape index (κ3) is 6.35. The summed E-state index contributed by atoms with van der Waals surface area (Å²) >= 11 is 0. The number of para-hydroxylation sites is 4. The lowest BCUT2D eigenvalue weighted by Gasteiger charge is -2.31. The van der Waals surface area contributed by atoms with Gasteiger partial charge in [0.2, 0.25) is 11.8 Å². The molecule has 33 heavy (non-hydrogen) atoms. The van der Waals surface area contributed by atoms with Crippen molar-refractivity contribution in [1.29, 1.82) is 0 Å². The van der Waals surface area contributed by atoms with Crippen molar-refractivity contribution in [1.82, 2.24) is 4.90 Å². The van der Waals surface area contributed by atoms with E-state index in [4.69, 9.17) is 9.47 Å². The zero-order valence-electron chi connectivity index (χ0n) is 18.5. The number of rotatable bonds is 8. The molecule has 1 saturated heterocycles. The Morgan fingerprint density at radius 1 is 0.818 bits per heavy atom. The molecule has 1 N–H and O–H groups in total. The van der Waals surface area contributed by atoms with Gasteiger partial charge in [0.25, 0.3) is 0 Å². The number of benzene rings is 3. The Morgan fingerprint density at radius 3 is 2.12 bits per heavy atom.